The molecule has 0 N–H and O–H groups in total. The van der Waals surface area contributed by atoms with Crippen LogP contribution in [0.1, 0.15) is 251 Å². The zero-order valence-electron chi connectivity index (χ0n) is 39.2. The van der Waals surface area contributed by atoms with Gasteiger partial charge in [-0.05, 0) is 12.8 Å². The molecule has 8 heteroatoms. The first-order valence-electron chi connectivity index (χ1n) is 25.1. The highest BCUT2D eigenvalue weighted by atomic mass is 16.6. The minimum absolute atomic E-state index is 0.0495. The Kier molecular flexibility index (Phi) is 40.8. The molecule has 0 saturated carbocycles. The number of carboxylic acids is 1. The van der Waals surface area contributed by atoms with E-state index < -0.39 is 18.1 Å². The van der Waals surface area contributed by atoms with Gasteiger partial charge in [-0.15, -0.1) is 0 Å². The van der Waals surface area contributed by atoms with Gasteiger partial charge in [-0.25, -0.2) is 0 Å². The summed E-state index contributed by atoms with van der Waals surface area (Å²) in [6.07, 6.45) is 44.2. The van der Waals surface area contributed by atoms with E-state index in [1.54, 1.807) is 0 Å². The normalized spacial score (nSPS) is 12.8. The Labute approximate surface area is 359 Å². The fourth-order valence-corrected chi connectivity index (χ4v) is 7.84. The maximum Gasteiger partial charge on any atom is 0.306 e. The Morgan fingerprint density at radius 2 is 0.759 bits per heavy atom. The number of hydrogen-bond acceptors (Lipinski definition) is 7. The Hall–Kier alpha value is -1.67. The van der Waals surface area contributed by atoms with E-state index >= 15 is 0 Å². The molecule has 0 spiro atoms. The van der Waals surface area contributed by atoms with Gasteiger partial charge in [-0.1, -0.05) is 219 Å². The van der Waals surface area contributed by atoms with Crippen LogP contribution in [0.15, 0.2) is 0 Å². The molecular formula is C50H97NO7. The highest BCUT2D eigenvalue weighted by molar-refractivity contribution is 5.70. The lowest BCUT2D eigenvalue weighted by Crippen LogP contribution is -2.55. The van der Waals surface area contributed by atoms with Crippen LogP contribution in [-0.2, 0) is 28.6 Å². The first kappa shape index (κ1) is 56.3. The lowest BCUT2D eigenvalue weighted by atomic mass is 10.0. The summed E-state index contributed by atoms with van der Waals surface area (Å²) in [5.74, 6) is -1.71. The highest BCUT2D eigenvalue weighted by Crippen LogP contribution is 2.17. The molecule has 8 nitrogen and oxygen atoms in total. The van der Waals surface area contributed by atoms with Crippen molar-refractivity contribution in [3.05, 3.63) is 0 Å². The summed E-state index contributed by atoms with van der Waals surface area (Å²) in [4.78, 5) is 36.9. The van der Waals surface area contributed by atoms with Gasteiger partial charge in [-0.2, -0.15) is 0 Å². The third kappa shape index (κ3) is 39.8. The van der Waals surface area contributed by atoms with E-state index in [1.165, 1.54) is 180 Å². The van der Waals surface area contributed by atoms with Crippen LogP contribution in [-0.4, -0.2) is 75.5 Å². The van der Waals surface area contributed by atoms with E-state index in [-0.39, 0.29) is 42.7 Å². The van der Waals surface area contributed by atoms with Gasteiger partial charge in [0.05, 0.1) is 40.3 Å². The van der Waals surface area contributed by atoms with Gasteiger partial charge in [-0.3, -0.25) is 9.59 Å². The molecule has 0 aromatic carbocycles. The average Bonchev–Trinajstić information content (AvgIpc) is 3.18. The largest absolute Gasteiger partial charge is 0.544 e. The predicted octanol–water partition coefficient (Wildman–Crippen LogP) is 12.8. The number of carbonyl (C=O) groups excluding carboxylic acids is 3. The molecular weight excluding hydrogens is 727 g/mol. The second-order valence-corrected chi connectivity index (χ2v) is 18.4. The van der Waals surface area contributed by atoms with Crippen molar-refractivity contribution in [2.24, 2.45) is 0 Å². The zero-order chi connectivity index (χ0) is 42.8. The first-order chi connectivity index (χ1) is 28.1. The Morgan fingerprint density at radius 1 is 0.448 bits per heavy atom. The lowest BCUT2D eigenvalue weighted by Gasteiger charge is -2.34. The summed E-state index contributed by atoms with van der Waals surface area (Å²) in [5.41, 5.74) is 0. The SMILES string of the molecule is CCCCCCCCCCCCCCCCCCCCCCCCC(=O)OC(COCCC(C(=O)[O-])[N+](C)(C)C)COC(=O)CCCCCCCCCCCCCC. The number of hydrogen-bond donors (Lipinski definition) is 0. The molecule has 0 aliphatic carbocycles. The molecule has 0 aliphatic rings. The Bertz CT molecular complexity index is 920. The number of unbranched alkanes of at least 4 members (excludes halogenated alkanes) is 32. The predicted molar refractivity (Wildman–Crippen MR) is 241 cm³/mol. The molecule has 0 saturated heterocycles. The van der Waals surface area contributed by atoms with Crippen LogP contribution in [0.4, 0.5) is 0 Å². The van der Waals surface area contributed by atoms with Crippen LogP contribution >= 0.6 is 0 Å². The van der Waals surface area contributed by atoms with Crippen LogP contribution in [0, 0.1) is 0 Å². The number of carboxylic acid groups (broad SMARTS) is 1. The molecule has 0 aromatic heterocycles. The molecule has 0 amide bonds. The maximum atomic E-state index is 12.8. The summed E-state index contributed by atoms with van der Waals surface area (Å²) in [6, 6.07) is -0.719. The third-order valence-electron chi connectivity index (χ3n) is 11.7. The average molecular weight is 824 g/mol. The molecule has 0 bridgehead atoms. The van der Waals surface area contributed by atoms with Gasteiger partial charge in [0.25, 0.3) is 0 Å². The van der Waals surface area contributed by atoms with E-state index in [0.29, 0.717) is 12.8 Å². The van der Waals surface area contributed by atoms with Gasteiger partial charge in [0.15, 0.2) is 6.10 Å². The van der Waals surface area contributed by atoms with Crippen molar-refractivity contribution in [1.29, 1.82) is 0 Å². The number of carbonyl (C=O) groups is 3. The second kappa shape index (κ2) is 42.0. The quantitative estimate of drug-likeness (QED) is 0.0342. The van der Waals surface area contributed by atoms with E-state index in [9.17, 15) is 19.5 Å². The molecule has 0 rings (SSSR count). The lowest BCUT2D eigenvalue weighted by molar-refractivity contribution is -0.889. The standard InChI is InChI=1S/C50H97NO7/c1-6-8-10-12-14-16-18-20-21-22-23-24-25-26-27-28-29-31-33-35-37-39-41-49(53)58-46(44-56-43-42-47(50(54)55)51(3,4)5)45-57-48(52)40-38-36-34-32-30-19-17-15-13-11-9-7-2/h46-47H,6-45H2,1-5H3. The topological polar surface area (TPSA) is 102 Å². The molecule has 344 valence electrons. The zero-order valence-corrected chi connectivity index (χ0v) is 39.2. The number of quaternary nitrogens is 1. The third-order valence-corrected chi connectivity index (χ3v) is 11.7. The summed E-state index contributed by atoms with van der Waals surface area (Å²) in [6.45, 7) is 4.71. The summed E-state index contributed by atoms with van der Waals surface area (Å²) in [5, 5.41) is 11.6. The van der Waals surface area contributed by atoms with Crippen LogP contribution in [0.2, 0.25) is 0 Å². The fraction of sp³-hybridized carbons (Fsp3) is 0.940. The van der Waals surface area contributed by atoms with Gasteiger partial charge in [0.1, 0.15) is 12.6 Å². The smallest absolute Gasteiger partial charge is 0.306 e. The van der Waals surface area contributed by atoms with Crippen molar-refractivity contribution in [1.82, 2.24) is 0 Å². The maximum absolute atomic E-state index is 12.8. The summed E-state index contributed by atoms with van der Waals surface area (Å²) < 4.78 is 17.2. The van der Waals surface area contributed by atoms with Crippen LogP contribution in [0.3, 0.4) is 0 Å². The summed E-state index contributed by atoms with van der Waals surface area (Å²) in [7, 11) is 5.43. The van der Waals surface area contributed by atoms with E-state index in [0.717, 1.165) is 38.5 Å². The van der Waals surface area contributed by atoms with Gasteiger partial charge in [0, 0.05) is 19.3 Å². The number of aliphatic carboxylic acids is 1. The summed E-state index contributed by atoms with van der Waals surface area (Å²) >= 11 is 0. The molecule has 0 radical (unpaired) electrons. The monoisotopic (exact) mass is 824 g/mol. The Morgan fingerprint density at radius 3 is 1.07 bits per heavy atom. The minimum Gasteiger partial charge on any atom is -0.544 e. The van der Waals surface area contributed by atoms with Crippen molar-refractivity contribution >= 4 is 17.9 Å². The highest BCUT2D eigenvalue weighted by Gasteiger charge is 2.25. The van der Waals surface area contributed by atoms with Gasteiger partial charge in [0.2, 0.25) is 0 Å². The van der Waals surface area contributed by atoms with Crippen LogP contribution in [0.5, 0.6) is 0 Å². The second-order valence-electron chi connectivity index (χ2n) is 18.4. The van der Waals surface area contributed by atoms with E-state index in [4.69, 9.17) is 14.2 Å². The minimum atomic E-state index is -1.12. The molecule has 2 unspecified atom stereocenters. The number of nitrogens with zero attached hydrogens (tertiary/aromatic N) is 1. The van der Waals surface area contributed by atoms with Crippen LogP contribution in [0.25, 0.3) is 0 Å². The number of ether oxygens (including phenoxy) is 3. The van der Waals surface area contributed by atoms with Crippen molar-refractivity contribution < 1.29 is 38.2 Å². The molecule has 0 heterocycles. The number of esters is 2. The molecule has 0 aromatic rings. The van der Waals surface area contributed by atoms with Gasteiger partial charge >= 0.3 is 11.9 Å². The van der Waals surface area contributed by atoms with Crippen molar-refractivity contribution in [3.8, 4) is 0 Å². The molecule has 0 fully saturated rings. The molecule has 58 heavy (non-hydrogen) atoms. The van der Waals surface area contributed by atoms with E-state index in [1.807, 2.05) is 21.1 Å². The number of rotatable bonds is 46. The van der Waals surface area contributed by atoms with Crippen molar-refractivity contribution in [3.63, 3.8) is 0 Å². The molecule has 2 atom stereocenters. The fourth-order valence-electron chi connectivity index (χ4n) is 7.84. The van der Waals surface area contributed by atoms with Gasteiger partial charge < -0.3 is 28.6 Å². The first-order valence-corrected chi connectivity index (χ1v) is 25.1. The van der Waals surface area contributed by atoms with E-state index in [2.05, 4.69) is 13.8 Å². The Balaban J connectivity index is 4.15. The van der Waals surface area contributed by atoms with Crippen molar-refractivity contribution in [2.45, 2.75) is 264 Å². The number of likely N-dealkylation sites (N-methyl/N-ethyl adjacent to an activating group) is 1. The molecule has 0 aliphatic heterocycles. The van der Waals surface area contributed by atoms with Crippen LogP contribution < -0.4 is 5.11 Å². The van der Waals surface area contributed by atoms with Crippen molar-refractivity contribution in [2.75, 3.05) is 41.0 Å².